The normalized spacial score (nSPS) is 28.8. The Kier molecular flexibility index (Phi) is 10.5. The SMILES string of the molecule is CCCCCCCC[C@@H]1C[C@@H]2CCc3c(C(=O)OC(C)CCCCC[C@@H]4C[C@@H]5CC[C@H]6C[C@@H](C)N=C(N4O)N56)c(C)nc([n+]32)N1. The van der Waals surface area contributed by atoms with Crippen molar-refractivity contribution >= 4 is 17.9 Å². The lowest BCUT2D eigenvalue weighted by Gasteiger charge is -2.47. The van der Waals surface area contributed by atoms with Crippen molar-refractivity contribution in [2.24, 2.45) is 4.99 Å². The molecule has 6 rings (SSSR count). The first-order chi connectivity index (χ1) is 21.8. The number of ether oxygens (including phenoxy) is 1. The van der Waals surface area contributed by atoms with E-state index >= 15 is 0 Å². The fourth-order valence-electron chi connectivity index (χ4n) is 9.06. The number of hydrogen-bond donors (Lipinski definition) is 2. The number of unbranched alkanes of at least 4 members (excludes halogenated alkanes) is 7. The summed E-state index contributed by atoms with van der Waals surface area (Å²) in [5.41, 5.74) is 2.58. The third kappa shape index (κ3) is 7.13. The fourth-order valence-corrected chi connectivity index (χ4v) is 9.06. The number of rotatable bonds is 15. The molecule has 1 aromatic rings. The molecule has 5 aliphatic rings. The highest BCUT2D eigenvalue weighted by molar-refractivity contribution is 5.91. The molecule has 1 aromatic heterocycles. The van der Waals surface area contributed by atoms with Crippen LogP contribution in [0.15, 0.2) is 4.99 Å². The van der Waals surface area contributed by atoms with Gasteiger partial charge in [-0.2, -0.15) is 0 Å². The number of guanidine groups is 1. The van der Waals surface area contributed by atoms with Crippen molar-refractivity contribution in [3.8, 4) is 0 Å². The molecule has 0 amide bonds. The fraction of sp³-hybridized carbons (Fsp3) is 0.833. The minimum absolute atomic E-state index is 0.131. The number of aryl methyl sites for hydroxylation is 1. The summed E-state index contributed by atoms with van der Waals surface area (Å²) in [5.74, 6) is 1.55. The van der Waals surface area contributed by atoms with Gasteiger partial charge in [-0.05, 0) is 78.6 Å². The molecule has 0 aliphatic carbocycles. The Morgan fingerprint density at radius 2 is 1.76 bits per heavy atom. The van der Waals surface area contributed by atoms with Crippen LogP contribution in [0.5, 0.6) is 0 Å². The third-order valence-corrected chi connectivity index (χ3v) is 11.4. The zero-order valence-electron chi connectivity index (χ0n) is 28.5. The second-order valence-corrected chi connectivity index (χ2v) is 14.9. The van der Waals surface area contributed by atoms with Crippen LogP contribution in [0.3, 0.4) is 0 Å². The van der Waals surface area contributed by atoms with E-state index < -0.39 is 0 Å². The quantitative estimate of drug-likeness (QED) is 0.123. The van der Waals surface area contributed by atoms with Crippen LogP contribution in [-0.2, 0) is 11.2 Å². The van der Waals surface area contributed by atoms with E-state index in [1.165, 1.54) is 62.9 Å². The van der Waals surface area contributed by atoms with E-state index in [9.17, 15) is 10.0 Å². The van der Waals surface area contributed by atoms with Crippen molar-refractivity contribution in [1.29, 1.82) is 0 Å². The maximum atomic E-state index is 13.5. The van der Waals surface area contributed by atoms with Crippen LogP contribution in [0, 0.1) is 6.92 Å². The molecule has 0 spiro atoms. The van der Waals surface area contributed by atoms with Crippen molar-refractivity contribution < 1.29 is 19.3 Å². The van der Waals surface area contributed by atoms with Gasteiger partial charge in [0.2, 0.25) is 5.96 Å². The van der Waals surface area contributed by atoms with E-state index in [4.69, 9.17) is 14.7 Å². The van der Waals surface area contributed by atoms with Gasteiger partial charge in [-0.1, -0.05) is 63.3 Å². The molecule has 45 heavy (non-hydrogen) atoms. The predicted molar refractivity (Wildman–Crippen MR) is 177 cm³/mol. The summed E-state index contributed by atoms with van der Waals surface area (Å²) in [4.78, 5) is 25.6. The van der Waals surface area contributed by atoms with Crippen LogP contribution in [0.25, 0.3) is 0 Å². The number of hydrogen-bond acceptors (Lipinski definition) is 8. The Morgan fingerprint density at radius 1 is 1.02 bits per heavy atom. The molecule has 0 saturated carbocycles. The van der Waals surface area contributed by atoms with Crippen molar-refractivity contribution in [3.63, 3.8) is 0 Å². The largest absolute Gasteiger partial charge is 0.459 e. The standard InChI is InChI=1S/C36H58N6O3/c1-5-6-7-8-9-12-15-27-22-29-19-20-32-33(26(4)38-35(39-27)41(29)32)34(43)45-25(3)14-11-10-13-16-31-23-30-18-17-28-21-24(2)37-36(40(28)30)42(31)44/h24-25,27-31,44H,5-23H2,1-4H3/p+1/t24-,25?,27-,28+,29+,30+,31-/m1/s1. The smallest absolute Gasteiger partial charge is 0.392 e. The molecule has 0 radical (unpaired) electrons. The summed E-state index contributed by atoms with van der Waals surface area (Å²) in [6, 6.07) is 2.44. The van der Waals surface area contributed by atoms with E-state index in [0.717, 1.165) is 87.5 Å². The minimum Gasteiger partial charge on any atom is -0.459 e. The van der Waals surface area contributed by atoms with Gasteiger partial charge in [-0.3, -0.25) is 10.5 Å². The lowest BCUT2D eigenvalue weighted by Crippen LogP contribution is -2.60. The van der Waals surface area contributed by atoms with E-state index in [2.05, 4.69) is 28.6 Å². The molecule has 9 heteroatoms. The summed E-state index contributed by atoms with van der Waals surface area (Å²) in [5, 5.41) is 16.2. The van der Waals surface area contributed by atoms with Gasteiger partial charge in [0.25, 0.3) is 0 Å². The number of nitrogens with zero attached hydrogens (tertiary/aromatic N) is 5. The van der Waals surface area contributed by atoms with Gasteiger partial charge in [-0.25, -0.2) is 19.4 Å². The van der Waals surface area contributed by atoms with E-state index in [1.807, 2.05) is 13.8 Å². The van der Waals surface area contributed by atoms with Crippen LogP contribution in [0.2, 0.25) is 0 Å². The van der Waals surface area contributed by atoms with Gasteiger partial charge in [0, 0.05) is 24.9 Å². The van der Waals surface area contributed by atoms with Crippen molar-refractivity contribution in [1.82, 2.24) is 14.9 Å². The second kappa shape index (κ2) is 14.6. The Bertz CT molecular complexity index is 1220. The molecular formula is C36H59N6O3+. The number of nitrogens with one attached hydrogen (secondary N) is 1. The number of aliphatic imine (C=N–C) groups is 1. The predicted octanol–water partition coefficient (Wildman–Crippen LogP) is 7.04. The highest BCUT2D eigenvalue weighted by atomic mass is 16.5. The third-order valence-electron chi connectivity index (χ3n) is 11.4. The van der Waals surface area contributed by atoms with Crippen LogP contribution in [0.4, 0.5) is 5.95 Å². The van der Waals surface area contributed by atoms with Crippen LogP contribution < -0.4 is 9.88 Å². The van der Waals surface area contributed by atoms with Crippen molar-refractivity contribution in [2.75, 3.05) is 5.32 Å². The summed E-state index contributed by atoms with van der Waals surface area (Å²) in [6.45, 7) is 8.42. The number of hydroxylamine groups is 2. The molecule has 0 bridgehead atoms. The molecule has 5 aliphatic heterocycles. The zero-order valence-corrected chi connectivity index (χ0v) is 28.5. The molecule has 2 fully saturated rings. The number of carbonyl (C=O) groups is 1. The van der Waals surface area contributed by atoms with Gasteiger partial charge in [0.15, 0.2) is 0 Å². The summed E-state index contributed by atoms with van der Waals surface area (Å²) >= 11 is 0. The molecule has 0 aromatic carbocycles. The molecule has 1 unspecified atom stereocenters. The van der Waals surface area contributed by atoms with Crippen molar-refractivity contribution in [2.45, 2.75) is 192 Å². The molecule has 7 atom stereocenters. The van der Waals surface area contributed by atoms with E-state index in [-0.39, 0.29) is 24.2 Å². The van der Waals surface area contributed by atoms with E-state index in [1.54, 1.807) is 0 Å². The topological polar surface area (TPSA) is 94.2 Å². The molecular weight excluding hydrogens is 564 g/mol. The number of anilines is 1. The maximum Gasteiger partial charge on any atom is 0.392 e. The molecule has 2 N–H and O–H groups in total. The second-order valence-electron chi connectivity index (χ2n) is 14.9. The van der Waals surface area contributed by atoms with Crippen molar-refractivity contribution in [3.05, 3.63) is 17.0 Å². The monoisotopic (exact) mass is 623 g/mol. The summed E-state index contributed by atoms with van der Waals surface area (Å²) in [6.07, 6.45) is 21.7. The van der Waals surface area contributed by atoms with E-state index in [0.29, 0.717) is 29.7 Å². The first-order valence-corrected chi connectivity index (χ1v) is 18.6. The molecule has 2 saturated heterocycles. The maximum absolute atomic E-state index is 13.5. The van der Waals surface area contributed by atoms with Crippen LogP contribution in [-0.4, -0.2) is 68.4 Å². The number of carbonyl (C=O) groups excluding carboxylic acids is 1. The summed E-state index contributed by atoms with van der Waals surface area (Å²) < 4.78 is 8.33. The Balaban J connectivity index is 0.950. The van der Waals surface area contributed by atoms with Gasteiger partial charge >= 0.3 is 11.9 Å². The Morgan fingerprint density at radius 3 is 2.58 bits per heavy atom. The first kappa shape index (κ1) is 32.5. The average molecular weight is 624 g/mol. The van der Waals surface area contributed by atoms with Gasteiger partial charge < -0.3 is 9.64 Å². The Hall–Kier alpha value is -2.42. The van der Waals surface area contributed by atoms with Gasteiger partial charge in [-0.15, -0.1) is 0 Å². The Labute approximate surface area is 271 Å². The highest BCUT2D eigenvalue weighted by Gasteiger charge is 2.47. The number of aromatic nitrogens is 2. The average Bonchev–Trinajstić information content (AvgIpc) is 3.61. The number of esters is 1. The molecule has 6 heterocycles. The molecule has 250 valence electrons. The van der Waals surface area contributed by atoms with Gasteiger partial charge in [0.05, 0.1) is 36.0 Å². The molecule has 9 nitrogen and oxygen atoms in total. The summed E-state index contributed by atoms with van der Waals surface area (Å²) in [7, 11) is 0. The lowest BCUT2D eigenvalue weighted by atomic mass is 9.96. The first-order valence-electron chi connectivity index (χ1n) is 18.6. The van der Waals surface area contributed by atoms with Crippen LogP contribution >= 0.6 is 0 Å². The van der Waals surface area contributed by atoms with Crippen LogP contribution in [0.1, 0.15) is 164 Å². The minimum atomic E-state index is -0.215. The highest BCUT2D eigenvalue weighted by Crippen LogP contribution is 2.39. The lowest BCUT2D eigenvalue weighted by molar-refractivity contribution is -0.710. The van der Waals surface area contributed by atoms with Gasteiger partial charge in [0.1, 0.15) is 11.3 Å². The zero-order chi connectivity index (χ0) is 31.5.